The van der Waals surface area contributed by atoms with Gasteiger partial charge in [-0.2, -0.15) is 0 Å². The number of benzene rings is 1. The number of hydrogen-bond acceptors (Lipinski definition) is 3. The van der Waals surface area contributed by atoms with Crippen molar-refractivity contribution in [1.82, 2.24) is 5.32 Å². The predicted molar refractivity (Wildman–Crippen MR) is 72.2 cm³/mol. The Morgan fingerprint density at radius 1 is 1.41 bits per heavy atom. The van der Waals surface area contributed by atoms with Gasteiger partial charge in [0.15, 0.2) is 0 Å². The first-order chi connectivity index (χ1) is 8.01. The Morgan fingerprint density at radius 3 is 2.53 bits per heavy atom. The molecule has 0 aromatic heterocycles. The van der Waals surface area contributed by atoms with Gasteiger partial charge in [-0.15, -0.1) is 0 Å². The molecule has 0 heterocycles. The van der Waals surface area contributed by atoms with Gasteiger partial charge in [0.25, 0.3) is 0 Å². The lowest BCUT2D eigenvalue weighted by molar-refractivity contribution is 0.411. The van der Waals surface area contributed by atoms with Gasteiger partial charge in [-0.3, -0.25) is 5.41 Å². The summed E-state index contributed by atoms with van der Waals surface area (Å²) in [5, 5.41) is 11.4. The summed E-state index contributed by atoms with van der Waals surface area (Å²) in [6.45, 7) is 3.77. The summed E-state index contributed by atoms with van der Waals surface area (Å²) in [6, 6.07) is 5.64. The Bertz CT molecular complexity index is 466. The summed E-state index contributed by atoms with van der Waals surface area (Å²) in [6.07, 6.45) is 0. The number of aryl methyl sites for hydroxylation is 1. The highest BCUT2D eigenvalue weighted by Crippen LogP contribution is 2.21. The maximum atomic E-state index is 8.07. The van der Waals surface area contributed by atoms with Gasteiger partial charge in [-0.1, -0.05) is 11.6 Å². The minimum atomic E-state index is 0.412. The number of hydrogen-bond donors (Lipinski definition) is 2. The summed E-state index contributed by atoms with van der Waals surface area (Å²) >= 11 is 5.96. The summed E-state index contributed by atoms with van der Waals surface area (Å²) < 4.78 is 5.19. The molecule has 92 valence electrons. The number of ether oxygens (including phenoxy) is 1. The zero-order chi connectivity index (χ0) is 13.0. The van der Waals surface area contributed by atoms with E-state index >= 15 is 0 Å². The van der Waals surface area contributed by atoms with Crippen LogP contribution in [0.4, 0.5) is 0 Å². The Kier molecular flexibility index (Phi) is 4.58. The molecule has 0 spiro atoms. The van der Waals surface area contributed by atoms with Crippen molar-refractivity contribution >= 4 is 17.3 Å². The Labute approximate surface area is 107 Å². The van der Waals surface area contributed by atoms with Crippen LogP contribution in [0.25, 0.3) is 0 Å². The van der Waals surface area contributed by atoms with Crippen molar-refractivity contribution in [2.45, 2.75) is 13.8 Å². The van der Waals surface area contributed by atoms with Gasteiger partial charge in [0.1, 0.15) is 10.9 Å². The molecule has 0 saturated carbocycles. The predicted octanol–water partition coefficient (Wildman–Crippen LogP) is 3.06. The van der Waals surface area contributed by atoms with Crippen molar-refractivity contribution < 1.29 is 4.74 Å². The van der Waals surface area contributed by atoms with Crippen molar-refractivity contribution in [2.24, 2.45) is 0 Å². The zero-order valence-corrected chi connectivity index (χ0v) is 11.3. The van der Waals surface area contributed by atoms with E-state index in [9.17, 15) is 0 Å². The number of nitrogens with one attached hydrogen (secondary N) is 2. The largest absolute Gasteiger partial charge is 0.496 e. The molecule has 0 aliphatic carbocycles. The normalized spacial score (nSPS) is 11.8. The fourth-order valence-corrected chi connectivity index (χ4v) is 1.64. The SMILES string of the molecule is CN/C(Cl)=C(/C)C(=N)c1ccc(OC)c(C)c1. The van der Waals surface area contributed by atoms with E-state index in [1.165, 1.54) is 0 Å². The fourth-order valence-electron chi connectivity index (χ4n) is 1.55. The summed E-state index contributed by atoms with van der Waals surface area (Å²) in [7, 11) is 3.37. The van der Waals surface area contributed by atoms with E-state index in [1.807, 2.05) is 32.0 Å². The van der Waals surface area contributed by atoms with Gasteiger partial charge in [0.05, 0.1) is 12.8 Å². The van der Waals surface area contributed by atoms with E-state index in [0.29, 0.717) is 10.9 Å². The highest BCUT2D eigenvalue weighted by atomic mass is 35.5. The molecule has 0 fully saturated rings. The summed E-state index contributed by atoms with van der Waals surface area (Å²) in [5.41, 5.74) is 2.96. The third kappa shape index (κ3) is 3.01. The van der Waals surface area contributed by atoms with Crippen molar-refractivity contribution in [2.75, 3.05) is 14.2 Å². The lowest BCUT2D eigenvalue weighted by Gasteiger charge is -2.10. The summed E-state index contributed by atoms with van der Waals surface area (Å²) in [5.74, 6) is 0.822. The monoisotopic (exact) mass is 252 g/mol. The zero-order valence-electron chi connectivity index (χ0n) is 10.5. The number of rotatable bonds is 4. The van der Waals surface area contributed by atoms with Crippen LogP contribution in [0.2, 0.25) is 0 Å². The van der Waals surface area contributed by atoms with Gasteiger partial charge in [-0.25, -0.2) is 0 Å². The number of methoxy groups -OCH3 is 1. The first-order valence-corrected chi connectivity index (χ1v) is 5.67. The van der Waals surface area contributed by atoms with Crippen molar-refractivity contribution in [1.29, 1.82) is 5.41 Å². The molecule has 1 rings (SSSR count). The number of allylic oxidation sites excluding steroid dienone is 1. The maximum Gasteiger partial charge on any atom is 0.121 e. The molecule has 0 amide bonds. The molecule has 0 saturated heterocycles. The van der Waals surface area contributed by atoms with Crippen LogP contribution in [-0.2, 0) is 0 Å². The van der Waals surface area contributed by atoms with Crippen LogP contribution >= 0.6 is 11.6 Å². The third-order valence-corrected chi connectivity index (χ3v) is 3.08. The molecule has 1 aromatic carbocycles. The highest BCUT2D eigenvalue weighted by Gasteiger charge is 2.09. The molecule has 1 aromatic rings. The van der Waals surface area contributed by atoms with Crippen molar-refractivity contribution in [3.05, 3.63) is 40.1 Å². The van der Waals surface area contributed by atoms with Gasteiger partial charge in [0, 0.05) is 18.2 Å². The lowest BCUT2D eigenvalue weighted by Crippen LogP contribution is -2.09. The van der Waals surface area contributed by atoms with Crippen molar-refractivity contribution in [3.63, 3.8) is 0 Å². The highest BCUT2D eigenvalue weighted by molar-refractivity contribution is 6.32. The molecule has 2 N–H and O–H groups in total. The van der Waals surface area contributed by atoms with Crippen LogP contribution in [0.1, 0.15) is 18.1 Å². The number of halogens is 1. The van der Waals surface area contributed by atoms with E-state index < -0.39 is 0 Å². The second-order valence-electron chi connectivity index (χ2n) is 3.75. The quantitative estimate of drug-likeness (QED) is 0.639. The Morgan fingerprint density at radius 2 is 2.06 bits per heavy atom. The van der Waals surface area contributed by atoms with E-state index in [4.69, 9.17) is 21.7 Å². The molecule has 0 aliphatic heterocycles. The van der Waals surface area contributed by atoms with Crippen molar-refractivity contribution in [3.8, 4) is 5.75 Å². The van der Waals surface area contributed by atoms with E-state index in [2.05, 4.69) is 5.32 Å². The molecule has 0 aliphatic rings. The van der Waals surface area contributed by atoms with Crippen LogP contribution in [0.5, 0.6) is 5.75 Å². The second kappa shape index (κ2) is 5.73. The molecule has 3 nitrogen and oxygen atoms in total. The Balaban J connectivity index is 3.10. The van der Waals surface area contributed by atoms with Crippen LogP contribution < -0.4 is 10.1 Å². The van der Waals surface area contributed by atoms with Crippen LogP contribution in [0.15, 0.2) is 28.9 Å². The lowest BCUT2D eigenvalue weighted by atomic mass is 10.0. The molecule has 0 radical (unpaired) electrons. The average molecular weight is 253 g/mol. The van der Waals surface area contributed by atoms with E-state index in [0.717, 1.165) is 22.4 Å². The Hall–Kier alpha value is -1.48. The van der Waals surface area contributed by atoms with Crippen LogP contribution in [-0.4, -0.2) is 19.9 Å². The molecule has 0 atom stereocenters. The van der Waals surface area contributed by atoms with Crippen LogP contribution in [0.3, 0.4) is 0 Å². The van der Waals surface area contributed by atoms with E-state index in [1.54, 1.807) is 14.2 Å². The minimum Gasteiger partial charge on any atom is -0.496 e. The molecule has 0 unspecified atom stereocenters. The second-order valence-corrected chi connectivity index (χ2v) is 4.13. The van der Waals surface area contributed by atoms with E-state index in [-0.39, 0.29) is 0 Å². The smallest absolute Gasteiger partial charge is 0.121 e. The molecule has 4 heteroatoms. The molecule has 17 heavy (non-hydrogen) atoms. The van der Waals surface area contributed by atoms with Crippen LogP contribution in [0, 0.1) is 12.3 Å². The van der Waals surface area contributed by atoms with Gasteiger partial charge < -0.3 is 10.1 Å². The molecular weight excluding hydrogens is 236 g/mol. The minimum absolute atomic E-state index is 0.412. The van der Waals surface area contributed by atoms with Gasteiger partial charge in [0.2, 0.25) is 0 Å². The first-order valence-electron chi connectivity index (χ1n) is 5.29. The molecule has 0 bridgehead atoms. The summed E-state index contributed by atoms with van der Waals surface area (Å²) in [4.78, 5) is 0. The fraction of sp³-hybridized carbons (Fsp3) is 0.308. The first kappa shape index (κ1) is 13.6. The van der Waals surface area contributed by atoms with Gasteiger partial charge in [-0.05, 0) is 37.6 Å². The molecular formula is C13H17ClN2O. The standard InChI is InChI=1S/C13H17ClN2O/c1-8-7-10(5-6-11(8)17-4)12(15)9(2)13(14)16-3/h5-7,15-16H,1-4H3/b13-9-,15-12?. The third-order valence-electron chi connectivity index (χ3n) is 2.61. The average Bonchev–Trinajstić information content (AvgIpc) is 2.35. The maximum absolute atomic E-state index is 8.07. The topological polar surface area (TPSA) is 45.1 Å². The van der Waals surface area contributed by atoms with Gasteiger partial charge >= 0.3 is 0 Å².